The second kappa shape index (κ2) is 4.40. The molecule has 0 saturated heterocycles. The van der Waals surface area contributed by atoms with E-state index in [0.717, 1.165) is 5.69 Å². The van der Waals surface area contributed by atoms with Gasteiger partial charge in [0.25, 0.3) is 0 Å². The van der Waals surface area contributed by atoms with E-state index in [4.69, 9.17) is 4.52 Å². The summed E-state index contributed by atoms with van der Waals surface area (Å²) in [7, 11) is 1.83. The first kappa shape index (κ1) is 12.3. The van der Waals surface area contributed by atoms with Gasteiger partial charge in [0.15, 0.2) is 0 Å². The Morgan fingerprint density at radius 3 is 3.00 bits per heavy atom. The number of aryl methyl sites for hydroxylation is 1. The Balaban J connectivity index is 1.71. The minimum absolute atomic E-state index is 0.0413. The summed E-state index contributed by atoms with van der Waals surface area (Å²) < 4.78 is 33.1. The summed E-state index contributed by atoms with van der Waals surface area (Å²) in [5.41, 5.74) is 0.742. The maximum absolute atomic E-state index is 13.1. The highest BCUT2D eigenvalue weighted by molar-refractivity contribution is 5.46. The summed E-state index contributed by atoms with van der Waals surface area (Å²) in [4.78, 5) is 8.21. The zero-order valence-corrected chi connectivity index (χ0v) is 10.5. The molecule has 0 aliphatic heterocycles. The molecule has 0 aromatic carbocycles. The van der Waals surface area contributed by atoms with Crippen LogP contribution in [-0.4, -0.2) is 25.6 Å². The van der Waals surface area contributed by atoms with E-state index < -0.39 is 5.92 Å². The van der Waals surface area contributed by atoms with Gasteiger partial charge in [-0.15, -0.1) is 0 Å². The highest BCUT2D eigenvalue weighted by Gasteiger charge is 2.39. The van der Waals surface area contributed by atoms with Crippen LogP contribution in [0, 0.1) is 5.92 Å². The van der Waals surface area contributed by atoms with Crippen LogP contribution in [0.3, 0.4) is 0 Å². The first-order valence-corrected chi connectivity index (χ1v) is 6.20. The van der Waals surface area contributed by atoms with Crippen molar-refractivity contribution in [1.29, 1.82) is 0 Å². The molecule has 0 bridgehead atoms. The van der Waals surface area contributed by atoms with Crippen molar-refractivity contribution < 1.29 is 13.3 Å². The zero-order valence-electron chi connectivity index (χ0n) is 10.5. The molecule has 1 unspecified atom stereocenters. The maximum atomic E-state index is 13.1. The lowest BCUT2D eigenvalue weighted by Gasteiger charge is -2.07. The van der Waals surface area contributed by atoms with Crippen LogP contribution in [0.5, 0.6) is 0 Å². The topological polar surface area (TPSA) is 56.7 Å². The Morgan fingerprint density at radius 1 is 1.53 bits per heavy atom. The molecule has 2 aromatic rings. The Labute approximate surface area is 108 Å². The van der Waals surface area contributed by atoms with E-state index in [1.165, 1.54) is 0 Å². The Morgan fingerprint density at radius 2 is 2.37 bits per heavy atom. The molecular formula is C12H14F2N4O. The lowest BCUT2D eigenvalue weighted by Crippen LogP contribution is -2.10. The number of rotatable bonds is 3. The van der Waals surface area contributed by atoms with Crippen LogP contribution in [0.4, 0.5) is 8.78 Å². The largest absolute Gasteiger partial charge is 0.339 e. The fourth-order valence-electron chi connectivity index (χ4n) is 2.48. The third-order valence-corrected chi connectivity index (χ3v) is 3.48. The molecule has 0 N–H and O–H groups in total. The van der Waals surface area contributed by atoms with Gasteiger partial charge in [-0.25, -0.2) is 13.8 Å². The summed E-state index contributed by atoms with van der Waals surface area (Å²) in [6, 6.07) is 0. The number of alkyl halides is 2. The number of aromatic nitrogens is 4. The van der Waals surface area contributed by atoms with Gasteiger partial charge in [0.1, 0.15) is 5.69 Å². The first-order chi connectivity index (χ1) is 9.03. The SMILES string of the molecule is Cn1cncc1-c1noc(CC2CCC(F)(F)C2)n1. The van der Waals surface area contributed by atoms with Crippen molar-refractivity contribution in [2.75, 3.05) is 0 Å². The molecule has 1 aliphatic rings. The van der Waals surface area contributed by atoms with Crippen LogP contribution in [-0.2, 0) is 13.5 Å². The van der Waals surface area contributed by atoms with Gasteiger partial charge in [0.2, 0.25) is 17.6 Å². The third-order valence-electron chi connectivity index (χ3n) is 3.48. The van der Waals surface area contributed by atoms with Crippen LogP contribution < -0.4 is 0 Å². The molecule has 1 atom stereocenters. The highest BCUT2D eigenvalue weighted by Crippen LogP contribution is 2.40. The fraction of sp³-hybridized carbons (Fsp3) is 0.583. The van der Waals surface area contributed by atoms with E-state index in [0.29, 0.717) is 24.6 Å². The molecule has 2 aromatic heterocycles. The number of hydrogen-bond acceptors (Lipinski definition) is 4. The van der Waals surface area contributed by atoms with Crippen molar-refractivity contribution in [3.63, 3.8) is 0 Å². The molecule has 3 rings (SSSR count). The first-order valence-electron chi connectivity index (χ1n) is 6.20. The van der Waals surface area contributed by atoms with E-state index in [1.54, 1.807) is 17.1 Å². The lowest BCUT2D eigenvalue weighted by atomic mass is 10.0. The number of imidazole rings is 1. The Hall–Kier alpha value is -1.79. The van der Waals surface area contributed by atoms with Crippen molar-refractivity contribution in [1.82, 2.24) is 19.7 Å². The molecule has 19 heavy (non-hydrogen) atoms. The molecule has 2 heterocycles. The molecule has 5 nitrogen and oxygen atoms in total. The second-order valence-corrected chi connectivity index (χ2v) is 5.07. The van der Waals surface area contributed by atoms with Crippen molar-refractivity contribution >= 4 is 0 Å². The standard InChI is InChI=1S/C12H14F2N4O/c1-18-7-15-6-9(18)11-16-10(19-17-11)4-8-2-3-12(13,14)5-8/h6-8H,2-5H2,1H3. The van der Waals surface area contributed by atoms with Crippen molar-refractivity contribution in [3.8, 4) is 11.5 Å². The quantitative estimate of drug-likeness (QED) is 0.858. The van der Waals surface area contributed by atoms with Gasteiger partial charge in [-0.05, 0) is 12.3 Å². The summed E-state index contributed by atoms with van der Waals surface area (Å²) in [6.45, 7) is 0. The number of nitrogens with zero attached hydrogens (tertiary/aromatic N) is 4. The lowest BCUT2D eigenvalue weighted by molar-refractivity contribution is 0.00483. The number of hydrogen-bond donors (Lipinski definition) is 0. The van der Waals surface area contributed by atoms with Gasteiger partial charge in [-0.1, -0.05) is 5.16 Å². The van der Waals surface area contributed by atoms with E-state index in [-0.39, 0.29) is 18.8 Å². The molecule has 0 radical (unpaired) electrons. The smallest absolute Gasteiger partial charge is 0.248 e. The molecule has 102 valence electrons. The summed E-state index contributed by atoms with van der Waals surface area (Å²) in [6.07, 6.45) is 4.08. The normalized spacial score (nSPS) is 21.9. The van der Waals surface area contributed by atoms with E-state index >= 15 is 0 Å². The predicted octanol–water partition coefficient (Wildman–Crippen LogP) is 2.45. The highest BCUT2D eigenvalue weighted by atomic mass is 19.3. The van der Waals surface area contributed by atoms with Crippen LogP contribution in [0.15, 0.2) is 17.0 Å². The van der Waals surface area contributed by atoms with E-state index in [2.05, 4.69) is 15.1 Å². The Bertz CT molecular complexity index is 578. The van der Waals surface area contributed by atoms with Gasteiger partial charge in [-0.2, -0.15) is 4.98 Å². The molecule has 0 amide bonds. The third kappa shape index (κ3) is 2.50. The average Bonchev–Trinajstić information content (AvgIpc) is 3.01. The maximum Gasteiger partial charge on any atom is 0.248 e. The fourth-order valence-corrected chi connectivity index (χ4v) is 2.48. The number of halogens is 2. The average molecular weight is 268 g/mol. The molecule has 1 fully saturated rings. The van der Waals surface area contributed by atoms with Crippen LogP contribution in [0.2, 0.25) is 0 Å². The van der Waals surface area contributed by atoms with Crippen LogP contribution in [0.1, 0.15) is 25.2 Å². The van der Waals surface area contributed by atoms with Gasteiger partial charge in [0, 0.05) is 26.3 Å². The molecule has 1 aliphatic carbocycles. The van der Waals surface area contributed by atoms with Gasteiger partial charge in [-0.3, -0.25) is 0 Å². The predicted molar refractivity (Wildman–Crippen MR) is 62.5 cm³/mol. The van der Waals surface area contributed by atoms with Crippen LogP contribution >= 0.6 is 0 Å². The zero-order chi connectivity index (χ0) is 13.5. The summed E-state index contributed by atoms with van der Waals surface area (Å²) in [5, 5.41) is 3.86. The minimum atomic E-state index is -2.53. The monoisotopic (exact) mass is 268 g/mol. The van der Waals surface area contributed by atoms with Crippen molar-refractivity contribution in [2.24, 2.45) is 13.0 Å². The van der Waals surface area contributed by atoms with Gasteiger partial charge in [0.05, 0.1) is 12.5 Å². The van der Waals surface area contributed by atoms with Crippen LogP contribution in [0.25, 0.3) is 11.5 Å². The molecular weight excluding hydrogens is 254 g/mol. The van der Waals surface area contributed by atoms with E-state index in [1.807, 2.05) is 7.05 Å². The van der Waals surface area contributed by atoms with E-state index in [9.17, 15) is 8.78 Å². The van der Waals surface area contributed by atoms with Gasteiger partial charge < -0.3 is 9.09 Å². The summed E-state index contributed by atoms with van der Waals surface area (Å²) >= 11 is 0. The Kier molecular flexibility index (Phi) is 2.83. The molecule has 7 heteroatoms. The molecule has 1 saturated carbocycles. The van der Waals surface area contributed by atoms with Crippen molar-refractivity contribution in [2.45, 2.75) is 31.6 Å². The molecule has 0 spiro atoms. The van der Waals surface area contributed by atoms with Gasteiger partial charge >= 0.3 is 0 Å². The second-order valence-electron chi connectivity index (χ2n) is 5.07. The minimum Gasteiger partial charge on any atom is -0.339 e. The van der Waals surface area contributed by atoms with Crippen molar-refractivity contribution in [3.05, 3.63) is 18.4 Å². The summed E-state index contributed by atoms with van der Waals surface area (Å²) in [5.74, 6) is -1.75.